The number of amides is 1. The van der Waals surface area contributed by atoms with Crippen molar-refractivity contribution in [1.82, 2.24) is 25.9 Å². The number of rotatable bonds is 4. The number of fused-ring (bicyclic) bond motifs is 3. The van der Waals surface area contributed by atoms with E-state index in [9.17, 15) is 4.79 Å². The van der Waals surface area contributed by atoms with Crippen molar-refractivity contribution in [1.29, 1.82) is 0 Å². The highest BCUT2D eigenvalue weighted by Gasteiger charge is 2.46. The molecule has 0 aliphatic heterocycles. The lowest BCUT2D eigenvalue weighted by molar-refractivity contribution is -0.137. The summed E-state index contributed by atoms with van der Waals surface area (Å²) in [5.74, 6) is 1.49. The van der Waals surface area contributed by atoms with Gasteiger partial charge >= 0.3 is 0 Å². The van der Waals surface area contributed by atoms with Crippen LogP contribution in [0, 0.1) is 11.3 Å². The number of H-pyrrole nitrogens is 1. The topological polar surface area (TPSA) is 83.6 Å². The van der Waals surface area contributed by atoms with Crippen molar-refractivity contribution >= 4 is 5.91 Å². The number of aromatic nitrogens is 4. The van der Waals surface area contributed by atoms with Gasteiger partial charge in [0.1, 0.15) is 6.04 Å². The number of aromatic amines is 1. The smallest absolute Gasteiger partial charge is 0.227 e. The molecule has 1 amide bonds. The van der Waals surface area contributed by atoms with Gasteiger partial charge in [-0.2, -0.15) is 5.21 Å². The first-order chi connectivity index (χ1) is 11.3. The highest BCUT2D eigenvalue weighted by Crippen LogP contribution is 2.50. The van der Waals surface area contributed by atoms with Crippen LogP contribution >= 0.6 is 0 Å². The lowest BCUT2D eigenvalue weighted by Crippen LogP contribution is -2.48. The Morgan fingerprint density at radius 3 is 2.48 bits per heavy atom. The minimum Gasteiger partial charge on any atom is -0.341 e. The Morgan fingerprint density at radius 2 is 1.87 bits per heavy atom. The number of carbonyl (C=O) groups excluding carboxylic acids is 1. The van der Waals surface area contributed by atoms with Crippen molar-refractivity contribution < 1.29 is 4.79 Å². The second-order valence-corrected chi connectivity index (χ2v) is 6.85. The molecule has 1 unspecified atom stereocenters. The van der Waals surface area contributed by atoms with E-state index in [4.69, 9.17) is 0 Å². The molecule has 1 aromatic carbocycles. The summed E-state index contributed by atoms with van der Waals surface area (Å²) in [5, 5.41) is 17.5. The third-order valence-corrected chi connectivity index (χ3v) is 5.60. The largest absolute Gasteiger partial charge is 0.341 e. The average Bonchev–Trinajstić information content (AvgIpc) is 3.16. The van der Waals surface area contributed by atoms with Gasteiger partial charge < -0.3 is 5.32 Å². The average molecular weight is 311 g/mol. The van der Waals surface area contributed by atoms with Crippen LogP contribution < -0.4 is 5.32 Å². The Hall–Kier alpha value is -2.24. The lowest BCUT2D eigenvalue weighted by atomic mass is 9.60. The SMILES string of the molecule is O=C(NC(c1ccccc1)c1nn[nH]n1)C12CCC(CC1)CC2. The summed E-state index contributed by atoms with van der Waals surface area (Å²) in [5.41, 5.74) is 0.786. The van der Waals surface area contributed by atoms with Gasteiger partial charge in [0.15, 0.2) is 0 Å². The first-order valence-electron chi connectivity index (χ1n) is 8.36. The van der Waals surface area contributed by atoms with Crippen LogP contribution in [-0.2, 0) is 4.79 Å². The van der Waals surface area contributed by atoms with Crippen LogP contribution in [0.5, 0.6) is 0 Å². The van der Waals surface area contributed by atoms with Gasteiger partial charge in [-0.15, -0.1) is 10.2 Å². The standard InChI is InChI=1S/C17H21N5O/c23-16(17-9-6-12(7-10-17)8-11-17)18-14(15-19-21-22-20-15)13-4-2-1-3-5-13/h1-5,12,14H,6-11H2,(H,18,23)(H,19,20,21,22). The van der Waals surface area contributed by atoms with Crippen molar-refractivity contribution in [3.8, 4) is 0 Å². The third kappa shape index (κ3) is 2.62. The Morgan fingerprint density at radius 1 is 1.17 bits per heavy atom. The molecule has 2 N–H and O–H groups in total. The minimum absolute atomic E-state index is 0.148. The molecule has 5 rings (SSSR count). The number of nitrogens with one attached hydrogen (secondary N) is 2. The van der Waals surface area contributed by atoms with Gasteiger partial charge in [-0.05, 0) is 50.0 Å². The molecule has 1 heterocycles. The first-order valence-corrected chi connectivity index (χ1v) is 8.36. The number of benzene rings is 1. The maximum atomic E-state index is 13.1. The van der Waals surface area contributed by atoms with E-state index in [1.807, 2.05) is 30.3 Å². The Labute approximate surface area is 135 Å². The van der Waals surface area contributed by atoms with E-state index in [0.717, 1.165) is 30.7 Å². The zero-order valence-electron chi connectivity index (χ0n) is 13.0. The number of tetrazole rings is 1. The van der Waals surface area contributed by atoms with Crippen LogP contribution in [-0.4, -0.2) is 26.5 Å². The molecule has 3 aliphatic carbocycles. The summed E-state index contributed by atoms with van der Waals surface area (Å²) >= 11 is 0. The van der Waals surface area contributed by atoms with E-state index in [-0.39, 0.29) is 17.4 Å². The molecule has 3 saturated carbocycles. The normalized spacial score (nSPS) is 27.6. The first kappa shape index (κ1) is 14.4. The predicted octanol–water partition coefficient (Wildman–Crippen LogP) is 2.38. The quantitative estimate of drug-likeness (QED) is 0.908. The van der Waals surface area contributed by atoms with E-state index in [2.05, 4.69) is 25.9 Å². The summed E-state index contributed by atoms with van der Waals surface area (Å²) in [6.07, 6.45) is 6.59. The van der Waals surface area contributed by atoms with Gasteiger partial charge in [-0.25, -0.2) is 0 Å². The molecule has 2 bridgehead atoms. The highest BCUT2D eigenvalue weighted by atomic mass is 16.2. The van der Waals surface area contributed by atoms with Crippen molar-refractivity contribution in [2.45, 2.75) is 44.6 Å². The molecule has 2 aromatic rings. The summed E-state index contributed by atoms with van der Waals surface area (Å²) in [6, 6.07) is 9.49. The van der Waals surface area contributed by atoms with E-state index in [1.54, 1.807) is 0 Å². The molecular weight excluding hydrogens is 290 g/mol. The molecule has 120 valence electrons. The Kier molecular flexibility index (Phi) is 3.59. The minimum atomic E-state index is -0.350. The summed E-state index contributed by atoms with van der Waals surface area (Å²) in [7, 11) is 0. The van der Waals surface area contributed by atoms with Crippen LogP contribution in [0.25, 0.3) is 0 Å². The summed E-state index contributed by atoms with van der Waals surface area (Å²) in [4.78, 5) is 13.1. The van der Waals surface area contributed by atoms with Crippen LogP contribution in [0.4, 0.5) is 0 Å². The fourth-order valence-corrected chi connectivity index (χ4v) is 4.11. The van der Waals surface area contributed by atoms with Crippen LogP contribution in [0.2, 0.25) is 0 Å². The van der Waals surface area contributed by atoms with E-state index >= 15 is 0 Å². The van der Waals surface area contributed by atoms with Crippen LogP contribution in [0.1, 0.15) is 56.0 Å². The van der Waals surface area contributed by atoms with Gasteiger partial charge in [0.05, 0.1) is 0 Å². The third-order valence-electron chi connectivity index (χ3n) is 5.60. The van der Waals surface area contributed by atoms with E-state index < -0.39 is 0 Å². The second-order valence-electron chi connectivity index (χ2n) is 6.85. The fourth-order valence-electron chi connectivity index (χ4n) is 4.11. The van der Waals surface area contributed by atoms with Crippen molar-refractivity contribution in [2.75, 3.05) is 0 Å². The molecule has 0 radical (unpaired) electrons. The molecule has 23 heavy (non-hydrogen) atoms. The second kappa shape index (κ2) is 5.76. The van der Waals surface area contributed by atoms with E-state index in [1.165, 1.54) is 19.3 Å². The Balaban J connectivity index is 1.59. The van der Waals surface area contributed by atoms with Crippen LogP contribution in [0.15, 0.2) is 30.3 Å². The molecule has 3 aliphatic rings. The maximum Gasteiger partial charge on any atom is 0.227 e. The number of hydrogen-bond donors (Lipinski definition) is 2. The zero-order chi connectivity index (χ0) is 15.7. The van der Waals surface area contributed by atoms with Crippen molar-refractivity contribution in [3.05, 3.63) is 41.7 Å². The summed E-state index contributed by atoms with van der Waals surface area (Å²) in [6.45, 7) is 0. The number of nitrogens with zero attached hydrogens (tertiary/aromatic N) is 3. The van der Waals surface area contributed by atoms with Crippen molar-refractivity contribution in [3.63, 3.8) is 0 Å². The molecule has 1 atom stereocenters. The van der Waals surface area contributed by atoms with E-state index in [0.29, 0.717) is 5.82 Å². The summed E-state index contributed by atoms with van der Waals surface area (Å²) < 4.78 is 0. The van der Waals surface area contributed by atoms with Gasteiger partial charge in [0, 0.05) is 5.41 Å². The molecule has 0 saturated heterocycles. The van der Waals surface area contributed by atoms with Crippen LogP contribution in [0.3, 0.4) is 0 Å². The lowest BCUT2D eigenvalue weighted by Gasteiger charge is -2.45. The molecule has 0 spiro atoms. The molecule has 6 heteroatoms. The molecule has 1 aromatic heterocycles. The monoisotopic (exact) mass is 311 g/mol. The predicted molar refractivity (Wildman–Crippen MR) is 84.2 cm³/mol. The molecule has 3 fully saturated rings. The zero-order valence-corrected chi connectivity index (χ0v) is 13.0. The van der Waals surface area contributed by atoms with Gasteiger partial charge in [0.2, 0.25) is 11.7 Å². The van der Waals surface area contributed by atoms with Gasteiger partial charge in [-0.3, -0.25) is 4.79 Å². The number of carbonyl (C=O) groups is 1. The van der Waals surface area contributed by atoms with Gasteiger partial charge in [-0.1, -0.05) is 35.5 Å². The molecule has 6 nitrogen and oxygen atoms in total. The highest BCUT2D eigenvalue weighted by molar-refractivity contribution is 5.83. The van der Waals surface area contributed by atoms with Crippen molar-refractivity contribution in [2.24, 2.45) is 11.3 Å². The number of hydrogen-bond acceptors (Lipinski definition) is 4. The van der Waals surface area contributed by atoms with Gasteiger partial charge in [0.25, 0.3) is 0 Å². The Bertz CT molecular complexity index is 648. The molecular formula is C17H21N5O. The fraction of sp³-hybridized carbons (Fsp3) is 0.529. The maximum absolute atomic E-state index is 13.1.